The normalized spacial score (nSPS) is 19.3. The summed E-state index contributed by atoms with van der Waals surface area (Å²) in [7, 11) is 1.22. The molecular weight excluding hydrogens is 370 g/mol. The SMILES string of the molecule is COC(=O)/C(=C/C1=CC(Cl)CN/N=C/C=C/1)NC(=O)OCc1ccccc1. The van der Waals surface area contributed by atoms with Crippen LogP contribution in [0.5, 0.6) is 0 Å². The van der Waals surface area contributed by atoms with Crippen LogP contribution in [0.25, 0.3) is 0 Å². The Morgan fingerprint density at radius 1 is 1.37 bits per heavy atom. The summed E-state index contributed by atoms with van der Waals surface area (Å²) in [5, 5.41) is 5.98. The van der Waals surface area contributed by atoms with E-state index in [0.29, 0.717) is 12.1 Å². The summed E-state index contributed by atoms with van der Waals surface area (Å²) >= 11 is 6.18. The van der Waals surface area contributed by atoms with Gasteiger partial charge in [0.2, 0.25) is 0 Å². The average Bonchev–Trinajstić information content (AvgIpc) is 2.77. The van der Waals surface area contributed by atoms with E-state index >= 15 is 0 Å². The second-order valence-electron chi connectivity index (χ2n) is 5.42. The van der Waals surface area contributed by atoms with Crippen LogP contribution < -0.4 is 10.7 Å². The zero-order valence-corrected chi connectivity index (χ0v) is 15.5. The molecule has 1 atom stereocenters. The highest BCUT2D eigenvalue weighted by Gasteiger charge is 2.15. The van der Waals surface area contributed by atoms with E-state index in [-0.39, 0.29) is 17.7 Å². The van der Waals surface area contributed by atoms with E-state index in [4.69, 9.17) is 21.1 Å². The van der Waals surface area contributed by atoms with Crippen LogP contribution in [0.3, 0.4) is 0 Å². The number of alkyl carbamates (subject to hydrolysis) is 1. The van der Waals surface area contributed by atoms with Gasteiger partial charge in [-0.1, -0.05) is 42.5 Å². The lowest BCUT2D eigenvalue weighted by molar-refractivity contribution is -0.136. The molecule has 27 heavy (non-hydrogen) atoms. The summed E-state index contributed by atoms with van der Waals surface area (Å²) in [5.74, 6) is -0.709. The van der Waals surface area contributed by atoms with Crippen molar-refractivity contribution in [1.29, 1.82) is 0 Å². The first kappa shape index (κ1) is 20.3. The van der Waals surface area contributed by atoms with Crippen molar-refractivity contribution in [1.82, 2.24) is 10.7 Å². The van der Waals surface area contributed by atoms with E-state index in [2.05, 4.69) is 15.8 Å². The molecule has 2 N–H and O–H groups in total. The fourth-order valence-electron chi connectivity index (χ4n) is 2.10. The van der Waals surface area contributed by atoms with Crippen molar-refractivity contribution < 1.29 is 19.1 Å². The minimum atomic E-state index is -0.770. The van der Waals surface area contributed by atoms with Crippen molar-refractivity contribution in [2.45, 2.75) is 12.0 Å². The zero-order valence-electron chi connectivity index (χ0n) is 14.7. The molecular formula is C19H20ClN3O4. The van der Waals surface area contributed by atoms with E-state index in [9.17, 15) is 9.59 Å². The fourth-order valence-corrected chi connectivity index (χ4v) is 2.32. The number of allylic oxidation sites excluding steroid dienone is 4. The number of halogens is 1. The molecule has 1 amide bonds. The van der Waals surface area contributed by atoms with Crippen LogP contribution in [0.2, 0.25) is 0 Å². The lowest BCUT2D eigenvalue weighted by atomic mass is 10.1. The third-order valence-electron chi connectivity index (χ3n) is 3.37. The molecule has 0 bridgehead atoms. The number of esters is 1. The van der Waals surface area contributed by atoms with Gasteiger partial charge in [-0.15, -0.1) is 11.6 Å². The highest BCUT2D eigenvalue weighted by Crippen LogP contribution is 2.10. The Kier molecular flexibility index (Phi) is 8.12. The van der Waals surface area contributed by atoms with Crippen molar-refractivity contribution in [2.24, 2.45) is 5.10 Å². The minimum absolute atomic E-state index is 0.0699. The number of hydrogen-bond acceptors (Lipinski definition) is 6. The molecule has 7 nitrogen and oxygen atoms in total. The molecule has 0 radical (unpaired) electrons. The Bertz CT molecular complexity index is 772. The van der Waals surface area contributed by atoms with Gasteiger partial charge in [-0.2, -0.15) is 5.10 Å². The van der Waals surface area contributed by atoms with Crippen LogP contribution in [0.15, 0.2) is 71.0 Å². The standard InChI is InChI=1S/C19H20ClN3O4/c1-26-18(24)17(11-15-8-5-9-21-22-12-16(20)10-15)23-19(25)27-13-14-6-3-2-4-7-14/h2-11,16,22H,12-13H2,1H3,(H,23,25)/b8-5+,15-10?,17-11-,21-9+. The van der Waals surface area contributed by atoms with Crippen LogP contribution in [-0.4, -0.2) is 37.3 Å². The van der Waals surface area contributed by atoms with Crippen molar-refractivity contribution in [3.8, 4) is 0 Å². The molecule has 0 saturated heterocycles. The van der Waals surface area contributed by atoms with Crippen LogP contribution in [0.1, 0.15) is 5.56 Å². The number of benzene rings is 1. The smallest absolute Gasteiger partial charge is 0.412 e. The van der Waals surface area contributed by atoms with Gasteiger partial charge in [0, 0.05) is 6.21 Å². The maximum Gasteiger partial charge on any atom is 0.412 e. The number of carbonyl (C=O) groups is 2. The number of hydrazone groups is 1. The number of hydrogen-bond donors (Lipinski definition) is 2. The second kappa shape index (κ2) is 10.8. The van der Waals surface area contributed by atoms with E-state index < -0.39 is 12.1 Å². The summed E-state index contributed by atoms with van der Waals surface area (Å²) in [6.45, 7) is 0.493. The molecule has 1 unspecified atom stereocenters. The summed E-state index contributed by atoms with van der Waals surface area (Å²) in [5.41, 5.74) is 4.15. The van der Waals surface area contributed by atoms with Crippen LogP contribution in [0.4, 0.5) is 4.79 Å². The van der Waals surface area contributed by atoms with Crippen molar-refractivity contribution in [2.75, 3.05) is 13.7 Å². The van der Waals surface area contributed by atoms with Gasteiger partial charge in [0.05, 0.1) is 19.0 Å². The van der Waals surface area contributed by atoms with Gasteiger partial charge < -0.3 is 14.9 Å². The molecule has 0 spiro atoms. The molecule has 0 fully saturated rings. The first-order valence-corrected chi connectivity index (χ1v) is 8.58. The zero-order chi connectivity index (χ0) is 19.5. The number of carbonyl (C=O) groups excluding carboxylic acids is 2. The van der Waals surface area contributed by atoms with Gasteiger partial charge in [0.1, 0.15) is 12.3 Å². The Hall–Kier alpha value is -3.06. The van der Waals surface area contributed by atoms with Gasteiger partial charge in [0.25, 0.3) is 0 Å². The first-order valence-electron chi connectivity index (χ1n) is 8.14. The Balaban J connectivity index is 2.11. The molecule has 2 rings (SSSR count). The van der Waals surface area contributed by atoms with Gasteiger partial charge >= 0.3 is 12.1 Å². The lowest BCUT2D eigenvalue weighted by Gasteiger charge is -2.10. The number of ether oxygens (including phenoxy) is 2. The topological polar surface area (TPSA) is 89.0 Å². The third kappa shape index (κ3) is 7.37. The number of methoxy groups -OCH3 is 1. The average molecular weight is 390 g/mol. The Morgan fingerprint density at radius 3 is 2.89 bits per heavy atom. The van der Waals surface area contributed by atoms with Gasteiger partial charge in [0.15, 0.2) is 0 Å². The molecule has 1 aliphatic heterocycles. The molecule has 1 aromatic carbocycles. The molecule has 1 aromatic rings. The highest BCUT2D eigenvalue weighted by molar-refractivity contribution is 6.22. The van der Waals surface area contributed by atoms with Crippen molar-refractivity contribution in [3.63, 3.8) is 0 Å². The molecule has 0 aromatic heterocycles. The molecule has 1 heterocycles. The van der Waals surface area contributed by atoms with Gasteiger partial charge in [-0.05, 0) is 23.3 Å². The van der Waals surface area contributed by atoms with Crippen LogP contribution in [0, 0.1) is 0 Å². The molecule has 1 aliphatic rings. The highest BCUT2D eigenvalue weighted by atomic mass is 35.5. The summed E-state index contributed by atoms with van der Waals surface area (Å²) in [6.07, 6.45) is 7.34. The maximum absolute atomic E-state index is 12.1. The number of nitrogens with one attached hydrogen (secondary N) is 2. The van der Waals surface area contributed by atoms with Crippen LogP contribution >= 0.6 is 11.6 Å². The van der Waals surface area contributed by atoms with Gasteiger partial charge in [-0.25, -0.2) is 9.59 Å². The van der Waals surface area contributed by atoms with Crippen molar-refractivity contribution >= 4 is 29.9 Å². The number of amides is 1. The molecule has 0 aliphatic carbocycles. The van der Waals surface area contributed by atoms with E-state index in [1.54, 1.807) is 24.4 Å². The largest absolute Gasteiger partial charge is 0.464 e. The molecule has 142 valence electrons. The molecule has 0 saturated carbocycles. The predicted molar refractivity (Wildman–Crippen MR) is 103 cm³/mol. The minimum Gasteiger partial charge on any atom is -0.464 e. The summed E-state index contributed by atoms with van der Waals surface area (Å²) in [4.78, 5) is 24.1. The van der Waals surface area contributed by atoms with E-state index in [1.807, 2.05) is 30.3 Å². The van der Waals surface area contributed by atoms with E-state index in [0.717, 1.165) is 5.56 Å². The number of rotatable bonds is 5. The quantitative estimate of drug-likeness (QED) is 0.459. The van der Waals surface area contributed by atoms with Crippen molar-refractivity contribution in [3.05, 3.63) is 71.5 Å². The fraction of sp³-hybridized carbons (Fsp3) is 0.211. The predicted octanol–water partition coefficient (Wildman–Crippen LogP) is 2.65. The Labute approximate surface area is 162 Å². The maximum atomic E-state index is 12.1. The lowest BCUT2D eigenvalue weighted by Crippen LogP contribution is -2.28. The monoisotopic (exact) mass is 389 g/mol. The number of nitrogens with zero attached hydrogens (tertiary/aromatic N) is 1. The Morgan fingerprint density at radius 2 is 2.15 bits per heavy atom. The summed E-state index contributed by atoms with van der Waals surface area (Å²) < 4.78 is 9.86. The number of alkyl halides is 1. The first-order chi connectivity index (χ1) is 13.1. The third-order valence-corrected chi connectivity index (χ3v) is 3.65. The van der Waals surface area contributed by atoms with Gasteiger partial charge in [-0.3, -0.25) is 5.32 Å². The second-order valence-corrected chi connectivity index (χ2v) is 5.98. The molecule has 8 heteroatoms. The summed E-state index contributed by atoms with van der Waals surface area (Å²) in [6, 6.07) is 9.20. The van der Waals surface area contributed by atoms with Crippen LogP contribution in [-0.2, 0) is 20.9 Å². The van der Waals surface area contributed by atoms with E-state index in [1.165, 1.54) is 13.2 Å².